The van der Waals surface area contributed by atoms with Crippen molar-refractivity contribution in [1.82, 2.24) is 10.7 Å². The van der Waals surface area contributed by atoms with E-state index < -0.39 is 0 Å². The SMILES string of the molecule is CN1NN=CN1c1cccc(Oc2cccc(N3C=CN(c4ccccc4)C3)c2)c1. The molecule has 0 atom stereocenters. The number of para-hydroxylation sites is 1. The molecule has 0 spiro atoms. The third kappa shape index (κ3) is 3.66. The minimum atomic E-state index is 0.760. The first-order valence-corrected chi connectivity index (χ1v) is 9.73. The number of hydrazone groups is 1. The minimum absolute atomic E-state index is 0.760. The molecule has 0 unspecified atom stereocenters. The van der Waals surface area contributed by atoms with Crippen LogP contribution in [0.15, 0.2) is 96.4 Å². The van der Waals surface area contributed by atoms with Gasteiger partial charge in [0.15, 0.2) is 0 Å². The fraction of sp³-hybridized carbons (Fsp3) is 0.0870. The largest absolute Gasteiger partial charge is 0.457 e. The normalized spacial score (nSPS) is 15.7. The lowest BCUT2D eigenvalue weighted by molar-refractivity contribution is 0.278. The van der Waals surface area contributed by atoms with Gasteiger partial charge in [-0.3, -0.25) is 0 Å². The molecule has 7 heteroatoms. The fourth-order valence-corrected chi connectivity index (χ4v) is 3.46. The summed E-state index contributed by atoms with van der Waals surface area (Å²) in [5.74, 6) is 1.55. The van der Waals surface area contributed by atoms with Gasteiger partial charge in [0.2, 0.25) is 0 Å². The molecule has 0 aliphatic carbocycles. The van der Waals surface area contributed by atoms with Gasteiger partial charge in [0.05, 0.1) is 12.4 Å². The first kappa shape index (κ1) is 18.1. The molecule has 0 bridgehead atoms. The Morgan fingerprint density at radius 3 is 2.10 bits per heavy atom. The molecular formula is C23H22N6O. The van der Waals surface area contributed by atoms with E-state index in [2.05, 4.69) is 69.2 Å². The second-order valence-electron chi connectivity index (χ2n) is 7.02. The number of ether oxygens (including phenoxy) is 1. The maximum Gasteiger partial charge on any atom is 0.133 e. The molecule has 30 heavy (non-hydrogen) atoms. The molecule has 3 aromatic rings. The Morgan fingerprint density at radius 2 is 1.40 bits per heavy atom. The van der Waals surface area contributed by atoms with E-state index >= 15 is 0 Å². The lowest BCUT2D eigenvalue weighted by atomic mass is 10.2. The van der Waals surface area contributed by atoms with Crippen LogP contribution in [0.4, 0.5) is 17.1 Å². The first-order chi connectivity index (χ1) is 14.8. The van der Waals surface area contributed by atoms with Crippen LogP contribution in [-0.4, -0.2) is 25.2 Å². The molecule has 0 aromatic heterocycles. The predicted molar refractivity (Wildman–Crippen MR) is 120 cm³/mol. The number of nitrogens with one attached hydrogen (secondary N) is 1. The summed E-state index contributed by atoms with van der Waals surface area (Å²) in [6.07, 6.45) is 5.90. The first-order valence-electron chi connectivity index (χ1n) is 9.73. The van der Waals surface area contributed by atoms with E-state index in [1.165, 1.54) is 5.69 Å². The molecule has 2 aliphatic heterocycles. The summed E-state index contributed by atoms with van der Waals surface area (Å²) in [6.45, 7) is 0.760. The highest BCUT2D eigenvalue weighted by atomic mass is 16.5. The van der Waals surface area contributed by atoms with E-state index in [9.17, 15) is 0 Å². The number of benzene rings is 3. The molecule has 0 radical (unpaired) electrons. The molecule has 150 valence electrons. The minimum Gasteiger partial charge on any atom is -0.457 e. The standard InChI is InChI=1S/C23H22N6O/c1-26-25-24-17-29(26)21-10-6-12-23(16-21)30-22-11-5-9-20(15-22)28-14-13-27(18-28)19-7-3-2-4-8-19/h2-17,25H,18H2,1H3. The Hall–Kier alpha value is -3.97. The molecule has 0 saturated carbocycles. The van der Waals surface area contributed by atoms with Gasteiger partial charge in [0.1, 0.15) is 17.8 Å². The van der Waals surface area contributed by atoms with Crippen LogP contribution < -0.4 is 25.1 Å². The zero-order chi connectivity index (χ0) is 20.3. The lowest BCUT2D eigenvalue weighted by Crippen LogP contribution is -2.39. The quantitative estimate of drug-likeness (QED) is 0.690. The van der Waals surface area contributed by atoms with Crippen LogP contribution in [0.25, 0.3) is 0 Å². The van der Waals surface area contributed by atoms with E-state index in [0.29, 0.717) is 0 Å². The van der Waals surface area contributed by atoms with E-state index in [4.69, 9.17) is 4.74 Å². The number of hydrogen-bond donors (Lipinski definition) is 1. The highest BCUT2D eigenvalue weighted by Crippen LogP contribution is 2.30. The van der Waals surface area contributed by atoms with Gasteiger partial charge in [-0.25, -0.2) is 10.5 Å². The van der Waals surface area contributed by atoms with E-state index in [1.54, 1.807) is 11.5 Å². The molecular weight excluding hydrogens is 376 g/mol. The number of rotatable bonds is 5. The number of nitrogens with zero attached hydrogens (tertiary/aromatic N) is 5. The highest BCUT2D eigenvalue weighted by molar-refractivity contribution is 5.79. The van der Waals surface area contributed by atoms with Gasteiger partial charge in [0.25, 0.3) is 0 Å². The topological polar surface area (TPSA) is 46.6 Å². The van der Waals surface area contributed by atoms with Crippen molar-refractivity contribution in [2.75, 3.05) is 28.5 Å². The van der Waals surface area contributed by atoms with Crippen molar-refractivity contribution < 1.29 is 4.74 Å². The van der Waals surface area contributed by atoms with Gasteiger partial charge in [0, 0.05) is 43.0 Å². The molecule has 5 rings (SSSR count). The van der Waals surface area contributed by atoms with Crippen LogP contribution in [0.1, 0.15) is 0 Å². The second-order valence-corrected chi connectivity index (χ2v) is 7.02. The second kappa shape index (κ2) is 7.81. The molecule has 0 saturated heterocycles. The third-order valence-electron chi connectivity index (χ3n) is 4.98. The highest BCUT2D eigenvalue weighted by Gasteiger charge is 2.17. The molecule has 2 heterocycles. The molecule has 2 aliphatic rings. The molecule has 3 aromatic carbocycles. The van der Waals surface area contributed by atoms with E-state index in [0.717, 1.165) is 29.5 Å². The van der Waals surface area contributed by atoms with Crippen LogP contribution in [0.5, 0.6) is 11.5 Å². The number of anilines is 3. The van der Waals surface area contributed by atoms with Gasteiger partial charge in [-0.05, 0) is 36.4 Å². The summed E-state index contributed by atoms with van der Waals surface area (Å²) in [7, 11) is 1.90. The lowest BCUT2D eigenvalue weighted by Gasteiger charge is -2.23. The van der Waals surface area contributed by atoms with Gasteiger partial charge in [-0.1, -0.05) is 30.3 Å². The maximum absolute atomic E-state index is 6.15. The Balaban J connectivity index is 1.30. The molecule has 0 fully saturated rings. The van der Waals surface area contributed by atoms with Gasteiger partial charge < -0.3 is 14.5 Å². The Kier molecular flexibility index (Phi) is 4.71. The average Bonchev–Trinajstić information content (AvgIpc) is 3.44. The van der Waals surface area contributed by atoms with Crippen molar-refractivity contribution in [3.8, 4) is 11.5 Å². The summed E-state index contributed by atoms with van der Waals surface area (Å²) >= 11 is 0. The molecule has 1 N–H and O–H groups in total. The zero-order valence-corrected chi connectivity index (χ0v) is 16.6. The Morgan fingerprint density at radius 1 is 0.767 bits per heavy atom. The van der Waals surface area contributed by atoms with Gasteiger partial charge >= 0.3 is 0 Å². The maximum atomic E-state index is 6.15. The molecule has 7 nitrogen and oxygen atoms in total. The Bertz CT molecular complexity index is 1080. The number of hydrazine groups is 2. The van der Waals surface area contributed by atoms with Crippen molar-refractivity contribution in [1.29, 1.82) is 0 Å². The molecule has 0 amide bonds. The van der Waals surface area contributed by atoms with Crippen LogP contribution in [0.3, 0.4) is 0 Å². The van der Waals surface area contributed by atoms with Crippen molar-refractivity contribution in [2.45, 2.75) is 0 Å². The monoisotopic (exact) mass is 398 g/mol. The van der Waals surface area contributed by atoms with Gasteiger partial charge in [-0.2, -0.15) is 5.10 Å². The summed E-state index contributed by atoms with van der Waals surface area (Å²) in [5.41, 5.74) is 6.07. The van der Waals surface area contributed by atoms with Crippen LogP contribution in [0.2, 0.25) is 0 Å². The summed E-state index contributed by atoms with van der Waals surface area (Å²) in [4.78, 5) is 4.40. The van der Waals surface area contributed by atoms with Gasteiger partial charge in [-0.15, -0.1) is 5.12 Å². The Labute approximate surface area is 175 Å². The van der Waals surface area contributed by atoms with Crippen molar-refractivity contribution in [3.63, 3.8) is 0 Å². The van der Waals surface area contributed by atoms with Crippen molar-refractivity contribution >= 4 is 23.4 Å². The average molecular weight is 398 g/mol. The van der Waals surface area contributed by atoms with Crippen LogP contribution >= 0.6 is 0 Å². The van der Waals surface area contributed by atoms with E-state index in [1.807, 2.05) is 54.5 Å². The number of hydrogen-bond acceptors (Lipinski definition) is 7. The van der Waals surface area contributed by atoms with E-state index in [-0.39, 0.29) is 0 Å². The van der Waals surface area contributed by atoms with Crippen molar-refractivity contribution in [2.24, 2.45) is 5.10 Å². The zero-order valence-electron chi connectivity index (χ0n) is 16.6. The van der Waals surface area contributed by atoms with Crippen molar-refractivity contribution in [3.05, 3.63) is 91.3 Å². The summed E-state index contributed by atoms with van der Waals surface area (Å²) < 4.78 is 6.15. The van der Waals surface area contributed by atoms with Crippen LogP contribution in [0, 0.1) is 0 Å². The smallest absolute Gasteiger partial charge is 0.133 e. The van der Waals surface area contributed by atoms with Crippen LogP contribution in [-0.2, 0) is 0 Å². The predicted octanol–water partition coefficient (Wildman–Crippen LogP) is 4.35. The third-order valence-corrected chi connectivity index (χ3v) is 4.98. The summed E-state index contributed by atoms with van der Waals surface area (Å²) in [5, 5.41) is 7.73. The fourth-order valence-electron chi connectivity index (χ4n) is 3.46. The summed E-state index contributed by atoms with van der Waals surface area (Å²) in [6, 6.07) is 26.4.